The summed E-state index contributed by atoms with van der Waals surface area (Å²) in [6.45, 7) is 6.74. The third-order valence-corrected chi connectivity index (χ3v) is 5.23. The number of aliphatic hydroxyl groups is 1. The van der Waals surface area contributed by atoms with Gasteiger partial charge in [-0.05, 0) is 55.6 Å². The van der Waals surface area contributed by atoms with Gasteiger partial charge in [0.05, 0.1) is 6.10 Å². The highest BCUT2D eigenvalue weighted by atomic mass is 32.1. The number of amides is 2. The van der Waals surface area contributed by atoms with E-state index >= 15 is 0 Å². The van der Waals surface area contributed by atoms with Crippen molar-refractivity contribution in [3.05, 3.63) is 21.9 Å². The summed E-state index contributed by atoms with van der Waals surface area (Å²) in [5, 5.41) is 16.7. The van der Waals surface area contributed by atoms with Crippen molar-refractivity contribution in [2.24, 2.45) is 0 Å². The van der Waals surface area contributed by atoms with E-state index in [-0.39, 0.29) is 12.1 Å². The minimum Gasteiger partial charge on any atom is -0.392 e. The third-order valence-electron chi connectivity index (χ3n) is 4.32. The summed E-state index contributed by atoms with van der Waals surface area (Å²) >= 11 is 1.67. The highest BCUT2D eigenvalue weighted by Gasteiger charge is 2.25. The largest absolute Gasteiger partial charge is 0.392 e. The summed E-state index contributed by atoms with van der Waals surface area (Å²) in [4.78, 5) is 16.3. The minimum absolute atomic E-state index is 0.0298. The topological polar surface area (TPSA) is 55.8 Å². The fraction of sp³-hybridized carbons (Fsp3) is 0.688. The molecule has 2 N–H and O–H groups in total. The van der Waals surface area contributed by atoms with Gasteiger partial charge in [0.1, 0.15) is 0 Å². The van der Waals surface area contributed by atoms with Gasteiger partial charge in [-0.3, -0.25) is 0 Å². The lowest BCUT2D eigenvalue weighted by molar-refractivity contribution is 0.0874. The lowest BCUT2D eigenvalue weighted by atomic mass is 10.0. The Morgan fingerprint density at radius 2 is 2.18 bits per heavy atom. The molecule has 1 saturated heterocycles. The van der Waals surface area contributed by atoms with Crippen LogP contribution in [-0.2, 0) is 6.54 Å². The zero-order valence-electron chi connectivity index (χ0n) is 13.7. The molecule has 2 heterocycles. The highest BCUT2D eigenvalue weighted by Crippen LogP contribution is 2.17. The van der Waals surface area contributed by atoms with Crippen LogP contribution >= 0.6 is 11.3 Å². The normalized spacial score (nSPS) is 17.8. The van der Waals surface area contributed by atoms with Crippen LogP contribution in [0.1, 0.15) is 30.9 Å². The van der Waals surface area contributed by atoms with Gasteiger partial charge in [-0.1, -0.05) is 0 Å². The van der Waals surface area contributed by atoms with Crippen LogP contribution in [0.3, 0.4) is 0 Å². The lowest BCUT2D eigenvalue weighted by Crippen LogP contribution is -2.49. The molecule has 2 amide bonds. The van der Waals surface area contributed by atoms with Gasteiger partial charge in [0.2, 0.25) is 0 Å². The number of carbonyl (C=O) groups is 1. The van der Waals surface area contributed by atoms with Crippen LogP contribution in [0.5, 0.6) is 0 Å². The average molecular weight is 325 g/mol. The number of thiophene rings is 1. The van der Waals surface area contributed by atoms with Crippen LogP contribution in [0, 0.1) is 6.92 Å². The Balaban J connectivity index is 1.74. The summed E-state index contributed by atoms with van der Waals surface area (Å²) in [5.74, 6) is 0. The van der Waals surface area contributed by atoms with E-state index in [0.29, 0.717) is 19.1 Å². The van der Waals surface area contributed by atoms with E-state index in [4.69, 9.17) is 0 Å². The van der Waals surface area contributed by atoms with Crippen LogP contribution in [0.2, 0.25) is 0 Å². The molecule has 0 spiro atoms. The number of hydrogen-bond acceptors (Lipinski definition) is 4. The van der Waals surface area contributed by atoms with Gasteiger partial charge in [-0.15, -0.1) is 0 Å². The quantitative estimate of drug-likeness (QED) is 0.871. The summed E-state index contributed by atoms with van der Waals surface area (Å²) in [7, 11) is 2.05. The Morgan fingerprint density at radius 1 is 1.50 bits per heavy atom. The maximum absolute atomic E-state index is 12.2. The first kappa shape index (κ1) is 17.2. The average Bonchev–Trinajstić information content (AvgIpc) is 2.89. The second-order valence-corrected chi connectivity index (χ2v) is 6.99. The molecule has 22 heavy (non-hydrogen) atoms. The van der Waals surface area contributed by atoms with Crippen LogP contribution < -0.4 is 5.32 Å². The zero-order valence-corrected chi connectivity index (χ0v) is 14.5. The number of piperidine rings is 1. The van der Waals surface area contributed by atoms with Gasteiger partial charge in [0.25, 0.3) is 0 Å². The van der Waals surface area contributed by atoms with Crippen molar-refractivity contribution in [2.75, 3.05) is 26.7 Å². The minimum atomic E-state index is -0.305. The SMILES string of the molecule is Cc1cscc1CNC(=O)N1CCC(N(C)CC(C)O)CC1. The Kier molecular flexibility index (Phi) is 6.23. The molecule has 0 aliphatic carbocycles. The Morgan fingerprint density at radius 3 is 2.73 bits per heavy atom. The van der Waals surface area contributed by atoms with Crippen molar-refractivity contribution in [1.82, 2.24) is 15.1 Å². The number of likely N-dealkylation sites (N-methyl/N-ethyl adjacent to an activating group) is 1. The lowest BCUT2D eigenvalue weighted by Gasteiger charge is -2.37. The fourth-order valence-electron chi connectivity index (χ4n) is 2.93. The van der Waals surface area contributed by atoms with Gasteiger partial charge < -0.3 is 20.2 Å². The summed E-state index contributed by atoms with van der Waals surface area (Å²) in [5.41, 5.74) is 2.44. The number of hydrogen-bond donors (Lipinski definition) is 2. The van der Waals surface area contributed by atoms with Gasteiger partial charge in [-0.25, -0.2) is 4.79 Å². The van der Waals surface area contributed by atoms with Crippen molar-refractivity contribution in [3.63, 3.8) is 0 Å². The molecule has 124 valence electrons. The van der Waals surface area contributed by atoms with Crippen molar-refractivity contribution in [2.45, 2.75) is 45.4 Å². The van der Waals surface area contributed by atoms with E-state index in [9.17, 15) is 9.90 Å². The van der Waals surface area contributed by atoms with Gasteiger partial charge in [-0.2, -0.15) is 11.3 Å². The molecule has 0 radical (unpaired) electrons. The number of nitrogens with zero attached hydrogens (tertiary/aromatic N) is 2. The third kappa shape index (κ3) is 4.69. The first-order chi connectivity index (χ1) is 10.5. The summed E-state index contributed by atoms with van der Waals surface area (Å²) < 4.78 is 0. The molecular weight excluding hydrogens is 298 g/mol. The molecule has 1 aromatic heterocycles. The Labute approximate surface area is 136 Å². The van der Waals surface area contributed by atoms with Gasteiger partial charge >= 0.3 is 6.03 Å². The first-order valence-electron chi connectivity index (χ1n) is 7.90. The van der Waals surface area contributed by atoms with E-state index < -0.39 is 0 Å². The maximum Gasteiger partial charge on any atom is 0.317 e. The van der Waals surface area contributed by atoms with E-state index in [2.05, 4.69) is 27.9 Å². The number of rotatable bonds is 5. The number of nitrogens with one attached hydrogen (secondary N) is 1. The van der Waals surface area contributed by atoms with Crippen molar-refractivity contribution in [3.8, 4) is 0 Å². The molecule has 1 fully saturated rings. The van der Waals surface area contributed by atoms with Crippen molar-refractivity contribution in [1.29, 1.82) is 0 Å². The zero-order chi connectivity index (χ0) is 16.1. The number of aryl methyl sites for hydroxylation is 1. The summed E-state index contributed by atoms with van der Waals surface area (Å²) in [6.07, 6.45) is 1.63. The number of carbonyl (C=O) groups excluding carboxylic acids is 1. The molecule has 6 heteroatoms. The van der Waals surface area contributed by atoms with E-state index in [1.165, 1.54) is 11.1 Å². The molecule has 2 rings (SSSR count). The molecular formula is C16H27N3O2S. The Bertz CT molecular complexity index is 481. The van der Waals surface area contributed by atoms with Crippen LogP contribution in [0.4, 0.5) is 4.79 Å². The first-order valence-corrected chi connectivity index (χ1v) is 8.84. The summed E-state index contributed by atoms with van der Waals surface area (Å²) in [6, 6.07) is 0.486. The predicted octanol–water partition coefficient (Wildman–Crippen LogP) is 2.04. The molecule has 1 aliphatic rings. The monoisotopic (exact) mass is 325 g/mol. The molecule has 1 aromatic rings. The van der Waals surface area contributed by atoms with Crippen LogP contribution in [0.25, 0.3) is 0 Å². The molecule has 1 atom stereocenters. The van der Waals surface area contributed by atoms with Crippen molar-refractivity contribution >= 4 is 17.4 Å². The maximum atomic E-state index is 12.2. The number of urea groups is 1. The standard InChI is InChI=1S/C16H27N3O2S/c1-12-10-22-11-14(12)8-17-16(21)19-6-4-15(5-7-19)18(3)9-13(2)20/h10-11,13,15,20H,4-9H2,1-3H3,(H,17,21). The molecule has 1 aliphatic heterocycles. The fourth-order valence-corrected chi connectivity index (χ4v) is 3.78. The molecule has 0 saturated carbocycles. The molecule has 5 nitrogen and oxygen atoms in total. The second kappa shape index (κ2) is 7.94. The van der Waals surface area contributed by atoms with Crippen LogP contribution in [-0.4, -0.2) is 59.8 Å². The highest BCUT2D eigenvalue weighted by molar-refractivity contribution is 7.08. The van der Waals surface area contributed by atoms with Crippen LogP contribution in [0.15, 0.2) is 10.8 Å². The van der Waals surface area contributed by atoms with Gasteiger partial charge in [0, 0.05) is 32.2 Å². The smallest absolute Gasteiger partial charge is 0.317 e. The molecule has 0 aromatic carbocycles. The van der Waals surface area contributed by atoms with Crippen molar-refractivity contribution < 1.29 is 9.90 Å². The predicted molar refractivity (Wildman–Crippen MR) is 90.2 cm³/mol. The van der Waals surface area contributed by atoms with E-state index in [1.54, 1.807) is 11.3 Å². The molecule has 1 unspecified atom stereocenters. The molecule has 0 bridgehead atoms. The van der Waals surface area contributed by atoms with Gasteiger partial charge in [0.15, 0.2) is 0 Å². The second-order valence-electron chi connectivity index (χ2n) is 6.25. The number of likely N-dealkylation sites (tertiary alicyclic amines) is 1. The number of aliphatic hydroxyl groups excluding tert-OH is 1. The van der Waals surface area contributed by atoms with E-state index in [1.807, 2.05) is 18.9 Å². The Hall–Kier alpha value is -1.11. The van der Waals surface area contributed by atoms with E-state index in [0.717, 1.165) is 25.9 Å².